The highest BCUT2D eigenvalue weighted by Crippen LogP contribution is 2.43. The largest absolute Gasteiger partial charge is 0.369 e. The third-order valence-corrected chi connectivity index (χ3v) is 5.41. The Balaban J connectivity index is 2.35. The van der Waals surface area contributed by atoms with Crippen LogP contribution in [0.5, 0.6) is 0 Å². The minimum Gasteiger partial charge on any atom is -0.369 e. The summed E-state index contributed by atoms with van der Waals surface area (Å²) in [4.78, 5) is 36.2. The third kappa shape index (κ3) is 3.14. The summed E-state index contributed by atoms with van der Waals surface area (Å²) in [6.45, 7) is 1.81. The van der Waals surface area contributed by atoms with Gasteiger partial charge < -0.3 is 22.9 Å². The minimum atomic E-state index is -1.18. The quantitative estimate of drug-likeness (QED) is 0.595. The molecule has 1 aliphatic rings. The normalized spacial score (nSPS) is 15.6. The number of primary amides is 3. The van der Waals surface area contributed by atoms with E-state index in [1.165, 1.54) is 0 Å². The number of benzene rings is 2. The number of hydrogen-bond acceptors (Lipinski definition) is 4. The fourth-order valence-electron chi connectivity index (χ4n) is 4.22. The van der Waals surface area contributed by atoms with Gasteiger partial charge in [0.25, 0.3) is 0 Å². The van der Waals surface area contributed by atoms with E-state index in [9.17, 15) is 14.4 Å². The zero-order chi connectivity index (χ0) is 20.6. The first-order valence-corrected chi connectivity index (χ1v) is 9.08. The van der Waals surface area contributed by atoms with Crippen LogP contribution >= 0.6 is 0 Å². The molecule has 2 aromatic rings. The highest BCUT2D eigenvalue weighted by atomic mass is 16.2. The Morgan fingerprint density at radius 2 is 1.32 bits per heavy atom. The molecule has 0 radical (unpaired) electrons. The lowest BCUT2D eigenvalue weighted by atomic mass is 9.68. The number of aryl methyl sites for hydroxylation is 2. The second-order valence-corrected chi connectivity index (χ2v) is 7.42. The number of amides is 3. The topological polar surface area (TPSA) is 155 Å². The van der Waals surface area contributed by atoms with Crippen LogP contribution in [0.25, 0.3) is 0 Å². The summed E-state index contributed by atoms with van der Waals surface area (Å²) in [7, 11) is 0. The SMILES string of the molecule is C[C@H](N)CC1(C(N)=O)c2ccc(C(N)=O)cc2CCc2cc(C(N)=O)ccc21. The Morgan fingerprint density at radius 1 is 0.893 bits per heavy atom. The molecule has 2 aromatic carbocycles. The summed E-state index contributed by atoms with van der Waals surface area (Å²) in [6.07, 6.45) is 1.40. The summed E-state index contributed by atoms with van der Waals surface area (Å²) in [6, 6.07) is 9.76. The van der Waals surface area contributed by atoms with Gasteiger partial charge in [-0.15, -0.1) is 0 Å². The Labute approximate surface area is 163 Å². The summed E-state index contributed by atoms with van der Waals surface area (Å²) in [5.74, 6) is -1.62. The van der Waals surface area contributed by atoms with Crippen molar-refractivity contribution in [2.75, 3.05) is 0 Å². The Kier molecular flexibility index (Phi) is 4.95. The molecule has 0 aromatic heterocycles. The van der Waals surface area contributed by atoms with Gasteiger partial charge in [0.1, 0.15) is 5.41 Å². The summed E-state index contributed by atoms with van der Waals surface area (Å²) >= 11 is 0. The predicted molar refractivity (Wildman–Crippen MR) is 106 cm³/mol. The van der Waals surface area contributed by atoms with Gasteiger partial charge in [0, 0.05) is 17.2 Å². The number of rotatable bonds is 5. The minimum absolute atomic E-state index is 0.286. The molecule has 7 heteroatoms. The lowest BCUT2D eigenvalue weighted by Crippen LogP contribution is -2.46. The van der Waals surface area contributed by atoms with Crippen molar-refractivity contribution in [2.45, 2.75) is 37.6 Å². The maximum absolute atomic E-state index is 12.9. The average Bonchev–Trinajstić information content (AvgIpc) is 2.76. The summed E-state index contributed by atoms with van der Waals surface area (Å²) in [5.41, 5.74) is 25.5. The van der Waals surface area contributed by atoms with Crippen LogP contribution in [0.3, 0.4) is 0 Å². The number of fused-ring (bicyclic) bond motifs is 2. The lowest BCUT2D eigenvalue weighted by Gasteiger charge is -2.35. The molecule has 0 fully saturated rings. The van der Waals surface area contributed by atoms with Gasteiger partial charge in [0.05, 0.1) is 0 Å². The molecule has 0 bridgehead atoms. The first-order valence-electron chi connectivity index (χ1n) is 9.08. The fourth-order valence-corrected chi connectivity index (χ4v) is 4.22. The van der Waals surface area contributed by atoms with E-state index in [0.29, 0.717) is 35.1 Å². The Bertz CT molecular complexity index is 916. The molecule has 1 atom stereocenters. The zero-order valence-electron chi connectivity index (χ0n) is 15.7. The van der Waals surface area contributed by atoms with Crippen LogP contribution < -0.4 is 22.9 Å². The van der Waals surface area contributed by atoms with Crippen molar-refractivity contribution >= 4 is 17.7 Å². The van der Waals surface area contributed by atoms with Crippen molar-refractivity contribution in [1.82, 2.24) is 0 Å². The van der Waals surface area contributed by atoms with Gasteiger partial charge in [-0.3, -0.25) is 14.4 Å². The monoisotopic (exact) mass is 380 g/mol. The first kappa shape index (κ1) is 19.6. The van der Waals surface area contributed by atoms with Crippen molar-refractivity contribution in [3.05, 3.63) is 69.8 Å². The van der Waals surface area contributed by atoms with E-state index >= 15 is 0 Å². The van der Waals surface area contributed by atoms with Gasteiger partial charge >= 0.3 is 0 Å². The fraction of sp³-hybridized carbons (Fsp3) is 0.286. The number of hydrogen-bond donors (Lipinski definition) is 4. The van der Waals surface area contributed by atoms with Gasteiger partial charge in [-0.05, 0) is 72.7 Å². The van der Waals surface area contributed by atoms with Gasteiger partial charge in [-0.2, -0.15) is 0 Å². The second-order valence-electron chi connectivity index (χ2n) is 7.42. The maximum atomic E-state index is 12.9. The third-order valence-electron chi connectivity index (χ3n) is 5.41. The predicted octanol–water partition coefficient (Wildman–Crippen LogP) is 0.492. The Hall–Kier alpha value is -3.19. The van der Waals surface area contributed by atoms with Crippen LogP contribution in [-0.2, 0) is 23.1 Å². The van der Waals surface area contributed by atoms with Crippen LogP contribution in [0.2, 0.25) is 0 Å². The molecule has 3 rings (SSSR count). The highest BCUT2D eigenvalue weighted by Gasteiger charge is 2.45. The maximum Gasteiger partial charge on any atom is 0.248 e. The van der Waals surface area contributed by atoms with Crippen LogP contribution in [0.1, 0.15) is 56.3 Å². The van der Waals surface area contributed by atoms with E-state index in [1.54, 1.807) is 36.4 Å². The molecule has 7 nitrogen and oxygen atoms in total. The summed E-state index contributed by atoms with van der Waals surface area (Å²) in [5, 5.41) is 0. The van der Waals surface area contributed by atoms with Crippen molar-refractivity contribution in [1.29, 1.82) is 0 Å². The molecule has 0 saturated carbocycles. The van der Waals surface area contributed by atoms with Crippen LogP contribution in [0, 0.1) is 0 Å². The van der Waals surface area contributed by atoms with E-state index in [2.05, 4.69) is 0 Å². The molecular formula is C21H24N4O3. The van der Waals surface area contributed by atoms with Crippen molar-refractivity contribution < 1.29 is 14.4 Å². The number of nitrogens with two attached hydrogens (primary N) is 4. The van der Waals surface area contributed by atoms with Crippen molar-refractivity contribution in [2.24, 2.45) is 22.9 Å². The van der Waals surface area contributed by atoms with Crippen LogP contribution in [-0.4, -0.2) is 23.8 Å². The molecule has 28 heavy (non-hydrogen) atoms. The first-order chi connectivity index (χ1) is 13.2. The van der Waals surface area contributed by atoms with E-state index in [0.717, 1.165) is 11.1 Å². The Morgan fingerprint density at radius 3 is 1.64 bits per heavy atom. The number of carbonyl (C=O) groups excluding carboxylic acids is 3. The van der Waals surface area contributed by atoms with E-state index in [4.69, 9.17) is 22.9 Å². The average molecular weight is 380 g/mol. The molecule has 0 saturated heterocycles. The number of carbonyl (C=O) groups is 3. The standard InChI is InChI=1S/C21H24N4O3/c1-11(22)10-21(20(25)28)16-6-4-14(18(23)26)8-12(16)2-3-13-9-15(19(24)27)5-7-17(13)21/h4-9,11H,2-3,10,22H2,1H3,(H2,23,26)(H2,24,27)(H2,25,28)/t11-/m0/s1. The molecule has 8 N–H and O–H groups in total. The summed E-state index contributed by atoms with van der Waals surface area (Å²) < 4.78 is 0. The van der Waals surface area contributed by atoms with Gasteiger partial charge in [-0.1, -0.05) is 12.1 Å². The second kappa shape index (κ2) is 7.09. The molecule has 0 unspecified atom stereocenters. The van der Waals surface area contributed by atoms with E-state index in [-0.39, 0.29) is 12.5 Å². The van der Waals surface area contributed by atoms with E-state index in [1.807, 2.05) is 6.92 Å². The zero-order valence-corrected chi connectivity index (χ0v) is 15.7. The van der Waals surface area contributed by atoms with Crippen molar-refractivity contribution in [3.63, 3.8) is 0 Å². The molecule has 1 aliphatic carbocycles. The molecule has 146 valence electrons. The van der Waals surface area contributed by atoms with Crippen LogP contribution in [0.4, 0.5) is 0 Å². The highest BCUT2D eigenvalue weighted by molar-refractivity contribution is 5.96. The molecule has 0 heterocycles. The molecule has 0 aliphatic heterocycles. The molecular weight excluding hydrogens is 356 g/mol. The van der Waals surface area contributed by atoms with Gasteiger partial charge in [-0.25, -0.2) is 0 Å². The molecule has 0 spiro atoms. The van der Waals surface area contributed by atoms with Gasteiger partial charge in [0.15, 0.2) is 0 Å². The van der Waals surface area contributed by atoms with E-state index < -0.39 is 23.1 Å². The van der Waals surface area contributed by atoms with Crippen molar-refractivity contribution in [3.8, 4) is 0 Å². The lowest BCUT2D eigenvalue weighted by molar-refractivity contribution is -0.122. The van der Waals surface area contributed by atoms with Gasteiger partial charge in [0.2, 0.25) is 17.7 Å². The van der Waals surface area contributed by atoms with Crippen LogP contribution in [0.15, 0.2) is 36.4 Å². The smallest absolute Gasteiger partial charge is 0.248 e. The molecule has 3 amide bonds.